The van der Waals surface area contributed by atoms with E-state index in [-0.39, 0.29) is 5.91 Å². The van der Waals surface area contributed by atoms with Gasteiger partial charge in [-0.2, -0.15) is 4.98 Å². The third kappa shape index (κ3) is 4.44. The lowest BCUT2D eigenvalue weighted by Crippen LogP contribution is -2.29. The first kappa shape index (κ1) is 19.1. The second-order valence-corrected chi connectivity index (χ2v) is 8.71. The number of nitrogens with one attached hydrogen (secondary N) is 1. The maximum atomic E-state index is 12.4. The SMILES string of the molecule is CCc1cccc(NC(=O)CSc2ncnc3nc(N4CCCCC4)sc23)c1. The first-order chi connectivity index (χ1) is 13.7. The minimum absolute atomic E-state index is 0.0363. The molecule has 146 valence electrons. The number of hydrogen-bond donors (Lipinski definition) is 1. The highest BCUT2D eigenvalue weighted by atomic mass is 32.2. The number of carbonyl (C=O) groups excluding carboxylic acids is 1. The number of benzene rings is 1. The Morgan fingerprint density at radius 1 is 1.25 bits per heavy atom. The summed E-state index contributed by atoms with van der Waals surface area (Å²) in [5.74, 6) is 0.269. The molecule has 1 aromatic carbocycles. The second kappa shape index (κ2) is 8.87. The number of thioether (sulfide) groups is 1. The van der Waals surface area contributed by atoms with Crippen molar-refractivity contribution >= 4 is 50.2 Å². The molecule has 28 heavy (non-hydrogen) atoms. The van der Waals surface area contributed by atoms with E-state index in [9.17, 15) is 4.79 Å². The minimum Gasteiger partial charge on any atom is -0.348 e. The Kier molecular flexibility index (Phi) is 6.07. The molecule has 0 bridgehead atoms. The molecule has 1 aliphatic heterocycles. The van der Waals surface area contributed by atoms with Crippen LogP contribution in [0.5, 0.6) is 0 Å². The number of anilines is 2. The molecule has 2 aromatic heterocycles. The van der Waals surface area contributed by atoms with Crippen LogP contribution < -0.4 is 10.2 Å². The van der Waals surface area contributed by atoms with Gasteiger partial charge in [0.25, 0.3) is 0 Å². The van der Waals surface area contributed by atoms with Crippen LogP contribution in [0.4, 0.5) is 10.8 Å². The van der Waals surface area contributed by atoms with Crippen LogP contribution in [-0.4, -0.2) is 39.7 Å². The molecule has 6 nitrogen and oxygen atoms in total. The van der Waals surface area contributed by atoms with Crippen LogP contribution in [0, 0.1) is 0 Å². The van der Waals surface area contributed by atoms with Gasteiger partial charge in [0, 0.05) is 18.8 Å². The highest BCUT2D eigenvalue weighted by molar-refractivity contribution is 8.00. The number of piperidine rings is 1. The number of carbonyl (C=O) groups is 1. The van der Waals surface area contributed by atoms with Gasteiger partial charge in [0.15, 0.2) is 10.8 Å². The first-order valence-electron chi connectivity index (χ1n) is 9.61. The molecule has 0 spiro atoms. The van der Waals surface area contributed by atoms with E-state index in [0.29, 0.717) is 5.75 Å². The van der Waals surface area contributed by atoms with Crippen molar-refractivity contribution in [1.29, 1.82) is 0 Å². The average Bonchev–Trinajstić information content (AvgIpc) is 3.18. The van der Waals surface area contributed by atoms with Crippen molar-refractivity contribution in [2.75, 3.05) is 29.1 Å². The Morgan fingerprint density at radius 3 is 2.93 bits per heavy atom. The van der Waals surface area contributed by atoms with E-state index in [4.69, 9.17) is 4.98 Å². The Hall–Kier alpha value is -2.19. The predicted octanol–water partition coefficient (Wildman–Crippen LogP) is 4.37. The van der Waals surface area contributed by atoms with Crippen molar-refractivity contribution in [1.82, 2.24) is 15.0 Å². The summed E-state index contributed by atoms with van der Waals surface area (Å²) in [5.41, 5.74) is 2.76. The quantitative estimate of drug-likeness (QED) is 0.478. The number of hydrogen-bond acceptors (Lipinski definition) is 7. The van der Waals surface area contributed by atoms with E-state index >= 15 is 0 Å². The lowest BCUT2D eigenvalue weighted by molar-refractivity contribution is -0.113. The molecule has 8 heteroatoms. The van der Waals surface area contributed by atoms with Gasteiger partial charge in [-0.15, -0.1) is 0 Å². The van der Waals surface area contributed by atoms with Gasteiger partial charge >= 0.3 is 0 Å². The molecule has 0 aliphatic carbocycles. The molecule has 4 rings (SSSR count). The molecule has 0 unspecified atom stereocenters. The first-order valence-corrected chi connectivity index (χ1v) is 11.4. The summed E-state index contributed by atoms with van der Waals surface area (Å²) < 4.78 is 0.967. The summed E-state index contributed by atoms with van der Waals surface area (Å²) in [6.07, 6.45) is 6.19. The molecule has 0 atom stereocenters. The average molecular weight is 414 g/mol. The summed E-state index contributed by atoms with van der Waals surface area (Å²) in [6.45, 7) is 4.20. The van der Waals surface area contributed by atoms with Gasteiger partial charge in [-0.1, -0.05) is 42.2 Å². The highest BCUT2D eigenvalue weighted by Crippen LogP contribution is 2.34. The molecule has 3 aromatic rings. The topological polar surface area (TPSA) is 71.0 Å². The largest absolute Gasteiger partial charge is 0.348 e. The molecule has 3 heterocycles. The fourth-order valence-corrected chi connectivity index (χ4v) is 5.19. The number of aryl methyl sites for hydroxylation is 1. The third-order valence-corrected chi connectivity index (χ3v) is 6.96. The van der Waals surface area contributed by atoms with Crippen molar-refractivity contribution in [3.05, 3.63) is 36.2 Å². The van der Waals surface area contributed by atoms with E-state index in [1.807, 2.05) is 18.2 Å². The lowest BCUT2D eigenvalue weighted by atomic mass is 10.1. The van der Waals surface area contributed by atoms with Crippen LogP contribution in [0.2, 0.25) is 0 Å². The summed E-state index contributed by atoms with van der Waals surface area (Å²) in [4.78, 5) is 28.1. The number of thiazole rings is 1. The van der Waals surface area contributed by atoms with Gasteiger partial charge in [0.05, 0.1) is 5.75 Å². The van der Waals surface area contributed by atoms with Crippen LogP contribution >= 0.6 is 23.1 Å². The molecule has 1 N–H and O–H groups in total. The standard InChI is InChI=1S/C20H23N5OS2/c1-2-14-7-6-8-15(11-14)23-16(26)12-27-19-17-18(21-13-22-19)24-20(28-17)25-9-4-3-5-10-25/h6-8,11,13H,2-5,9-10,12H2,1H3,(H,23,26). The van der Waals surface area contributed by atoms with E-state index in [0.717, 1.165) is 45.7 Å². The summed E-state index contributed by atoms with van der Waals surface area (Å²) >= 11 is 3.06. The fraction of sp³-hybridized carbons (Fsp3) is 0.400. The number of aromatic nitrogens is 3. The van der Waals surface area contributed by atoms with Crippen LogP contribution in [-0.2, 0) is 11.2 Å². The zero-order valence-corrected chi connectivity index (χ0v) is 17.5. The van der Waals surface area contributed by atoms with Crippen molar-refractivity contribution < 1.29 is 4.79 Å². The number of fused-ring (bicyclic) bond motifs is 1. The molecule has 1 aliphatic rings. The van der Waals surface area contributed by atoms with E-state index in [1.54, 1.807) is 11.3 Å². The van der Waals surface area contributed by atoms with Crippen LogP contribution in [0.1, 0.15) is 31.7 Å². The maximum absolute atomic E-state index is 12.4. The second-order valence-electron chi connectivity index (χ2n) is 6.77. The zero-order valence-electron chi connectivity index (χ0n) is 15.9. The van der Waals surface area contributed by atoms with E-state index < -0.39 is 0 Å². The van der Waals surface area contributed by atoms with Gasteiger partial charge in [0.2, 0.25) is 5.91 Å². The van der Waals surface area contributed by atoms with E-state index in [2.05, 4.69) is 33.2 Å². The molecule has 1 fully saturated rings. The number of rotatable bonds is 6. The van der Waals surface area contributed by atoms with Gasteiger partial charge in [-0.3, -0.25) is 4.79 Å². The summed E-state index contributed by atoms with van der Waals surface area (Å²) in [7, 11) is 0. The molecule has 1 amide bonds. The smallest absolute Gasteiger partial charge is 0.234 e. The Bertz CT molecular complexity index is 968. The molecular weight excluding hydrogens is 390 g/mol. The highest BCUT2D eigenvalue weighted by Gasteiger charge is 2.18. The van der Waals surface area contributed by atoms with Gasteiger partial charge in [0.1, 0.15) is 16.1 Å². The van der Waals surface area contributed by atoms with Crippen molar-refractivity contribution in [2.45, 2.75) is 37.6 Å². The molecular formula is C20H23N5OS2. The van der Waals surface area contributed by atoms with Gasteiger partial charge in [-0.25, -0.2) is 9.97 Å². The Balaban J connectivity index is 1.43. The monoisotopic (exact) mass is 413 g/mol. The fourth-order valence-electron chi connectivity index (χ4n) is 3.25. The molecule has 0 radical (unpaired) electrons. The number of nitrogens with zero attached hydrogens (tertiary/aromatic N) is 4. The van der Waals surface area contributed by atoms with Crippen LogP contribution in [0.25, 0.3) is 10.3 Å². The zero-order chi connectivity index (χ0) is 19.3. The normalized spacial score (nSPS) is 14.4. The van der Waals surface area contributed by atoms with Crippen LogP contribution in [0.3, 0.4) is 0 Å². The summed E-state index contributed by atoms with van der Waals surface area (Å²) in [5, 5.41) is 4.80. The Morgan fingerprint density at radius 2 is 2.11 bits per heavy atom. The molecule has 1 saturated heterocycles. The number of amides is 1. The van der Waals surface area contributed by atoms with E-state index in [1.165, 1.54) is 42.9 Å². The molecule has 0 saturated carbocycles. The predicted molar refractivity (Wildman–Crippen MR) is 116 cm³/mol. The van der Waals surface area contributed by atoms with Gasteiger partial charge in [-0.05, 0) is 43.4 Å². The summed E-state index contributed by atoms with van der Waals surface area (Å²) in [6, 6.07) is 7.96. The van der Waals surface area contributed by atoms with Crippen molar-refractivity contribution in [2.24, 2.45) is 0 Å². The van der Waals surface area contributed by atoms with Gasteiger partial charge < -0.3 is 10.2 Å². The van der Waals surface area contributed by atoms with Crippen molar-refractivity contribution in [3.63, 3.8) is 0 Å². The maximum Gasteiger partial charge on any atom is 0.234 e. The lowest BCUT2D eigenvalue weighted by Gasteiger charge is -2.25. The third-order valence-electron chi connectivity index (χ3n) is 4.73. The van der Waals surface area contributed by atoms with Crippen molar-refractivity contribution in [3.8, 4) is 0 Å². The minimum atomic E-state index is -0.0363. The Labute approximate surface area is 172 Å². The van der Waals surface area contributed by atoms with Crippen LogP contribution in [0.15, 0.2) is 35.6 Å².